The molecule has 2 atom stereocenters. The lowest BCUT2D eigenvalue weighted by Gasteiger charge is -2.33. The molecular formula is C30H27F9NO3P. The number of alkyl halides is 9. The van der Waals surface area contributed by atoms with Gasteiger partial charge in [0.05, 0.1) is 23.8 Å². The minimum Gasteiger partial charge on any atom is -0.496 e. The van der Waals surface area contributed by atoms with Gasteiger partial charge in [-0.15, -0.1) is 9.24 Å². The SMILES string of the molecule is COc1cc(P)c(C(C)C)cc1-c1ccc(C(F)(F)F)cc1CN1CCC(c2cc(C(F)(F)F)cc(C(F)(F)F)c2)OC1=O. The fraction of sp³-hybridized carbons (Fsp3) is 0.367. The largest absolute Gasteiger partial charge is 0.496 e. The molecule has 0 aromatic heterocycles. The average molecular weight is 652 g/mol. The third kappa shape index (κ3) is 7.25. The summed E-state index contributed by atoms with van der Waals surface area (Å²) in [5.41, 5.74) is -2.81. The van der Waals surface area contributed by atoms with Crippen molar-refractivity contribution in [2.45, 2.75) is 57.4 Å². The highest BCUT2D eigenvalue weighted by atomic mass is 31.0. The van der Waals surface area contributed by atoms with E-state index in [4.69, 9.17) is 9.47 Å². The number of benzene rings is 3. The summed E-state index contributed by atoms with van der Waals surface area (Å²) in [5, 5.41) is 0.822. The van der Waals surface area contributed by atoms with Crippen LogP contribution in [0, 0.1) is 0 Å². The maximum Gasteiger partial charge on any atom is 0.416 e. The van der Waals surface area contributed by atoms with Gasteiger partial charge in [-0.05, 0) is 75.9 Å². The topological polar surface area (TPSA) is 38.8 Å². The quantitative estimate of drug-likeness (QED) is 0.197. The minimum atomic E-state index is -5.09. The molecular weight excluding hydrogens is 624 g/mol. The number of hydrogen-bond acceptors (Lipinski definition) is 3. The fourth-order valence-corrected chi connectivity index (χ4v) is 5.59. The van der Waals surface area contributed by atoms with Crippen LogP contribution >= 0.6 is 9.24 Å². The molecule has 3 aromatic rings. The molecule has 44 heavy (non-hydrogen) atoms. The molecule has 0 bridgehead atoms. The van der Waals surface area contributed by atoms with E-state index in [0.29, 0.717) is 29.0 Å². The fourth-order valence-electron chi connectivity index (χ4n) is 5.02. The number of methoxy groups -OCH3 is 1. The Kier molecular flexibility index (Phi) is 9.22. The maximum atomic E-state index is 13.7. The first kappa shape index (κ1) is 33.4. The highest BCUT2D eigenvalue weighted by molar-refractivity contribution is 7.27. The van der Waals surface area contributed by atoms with E-state index in [1.54, 1.807) is 12.1 Å². The van der Waals surface area contributed by atoms with Crippen LogP contribution in [0.5, 0.6) is 5.75 Å². The van der Waals surface area contributed by atoms with E-state index in [1.165, 1.54) is 13.2 Å². The van der Waals surface area contributed by atoms with E-state index < -0.39 is 53.0 Å². The summed E-state index contributed by atoms with van der Waals surface area (Å²) in [7, 11) is 3.99. The van der Waals surface area contributed by atoms with Gasteiger partial charge < -0.3 is 14.4 Å². The number of hydrogen-bond donors (Lipinski definition) is 0. The van der Waals surface area contributed by atoms with Crippen LogP contribution in [0.1, 0.15) is 65.7 Å². The lowest BCUT2D eigenvalue weighted by molar-refractivity contribution is -0.143. The molecule has 1 fully saturated rings. The van der Waals surface area contributed by atoms with Crippen molar-refractivity contribution in [2.75, 3.05) is 13.7 Å². The summed E-state index contributed by atoms with van der Waals surface area (Å²) in [5.74, 6) is 0.416. The van der Waals surface area contributed by atoms with Gasteiger partial charge in [0.15, 0.2) is 0 Å². The van der Waals surface area contributed by atoms with Crippen LogP contribution in [0.25, 0.3) is 11.1 Å². The van der Waals surface area contributed by atoms with Crippen molar-refractivity contribution in [2.24, 2.45) is 0 Å². The monoisotopic (exact) mass is 651 g/mol. The normalized spacial score (nSPS) is 16.4. The Hall–Kier alpha value is -3.47. The predicted molar refractivity (Wildman–Crippen MR) is 148 cm³/mol. The van der Waals surface area contributed by atoms with E-state index in [0.717, 1.165) is 27.9 Å². The number of halogens is 9. The van der Waals surface area contributed by atoms with Crippen LogP contribution < -0.4 is 10.0 Å². The second-order valence-electron chi connectivity index (χ2n) is 10.6. The van der Waals surface area contributed by atoms with Crippen molar-refractivity contribution < 1.29 is 53.8 Å². The summed E-state index contributed by atoms with van der Waals surface area (Å²) < 4.78 is 132. The lowest BCUT2D eigenvalue weighted by Crippen LogP contribution is -2.38. The van der Waals surface area contributed by atoms with Crippen LogP contribution in [0.15, 0.2) is 48.5 Å². The van der Waals surface area contributed by atoms with Gasteiger partial charge in [0.1, 0.15) is 11.9 Å². The second-order valence-corrected chi connectivity index (χ2v) is 11.2. The molecule has 1 amide bonds. The van der Waals surface area contributed by atoms with Crippen LogP contribution in [-0.4, -0.2) is 24.6 Å². The molecule has 2 unspecified atom stereocenters. The lowest BCUT2D eigenvalue weighted by atomic mass is 9.92. The molecule has 1 aliphatic heterocycles. The second kappa shape index (κ2) is 12.1. The maximum absolute atomic E-state index is 13.7. The molecule has 3 aromatic carbocycles. The number of carbonyl (C=O) groups is 1. The molecule has 14 heteroatoms. The molecule has 0 saturated carbocycles. The van der Waals surface area contributed by atoms with E-state index in [2.05, 4.69) is 9.24 Å². The zero-order valence-corrected chi connectivity index (χ0v) is 24.7. The number of nitrogens with zero attached hydrogens (tertiary/aromatic N) is 1. The van der Waals surface area contributed by atoms with Gasteiger partial charge in [0, 0.05) is 25.1 Å². The van der Waals surface area contributed by atoms with E-state index >= 15 is 0 Å². The van der Waals surface area contributed by atoms with Gasteiger partial charge in [0.2, 0.25) is 0 Å². The molecule has 0 radical (unpaired) electrons. The van der Waals surface area contributed by atoms with Gasteiger partial charge in [-0.1, -0.05) is 19.9 Å². The molecule has 238 valence electrons. The van der Waals surface area contributed by atoms with Crippen LogP contribution in [-0.2, 0) is 29.8 Å². The Labute approximate surface area is 249 Å². The summed E-state index contributed by atoms with van der Waals surface area (Å²) >= 11 is 0. The standard InChI is InChI=1S/C30H27F9NO3P/c1-15(2)22-12-23(25(42-3)13-26(22)44)21-5-4-18(28(31,32)33)10-17(21)14-40-7-6-24(43-27(40)41)16-8-19(29(34,35)36)11-20(9-16)30(37,38)39/h4-5,8-13,15,24H,6-7,14,44H2,1-3H3. The first-order chi connectivity index (χ1) is 20.3. The highest BCUT2D eigenvalue weighted by Crippen LogP contribution is 2.41. The first-order valence-corrected chi connectivity index (χ1v) is 13.8. The van der Waals surface area contributed by atoms with Crippen molar-refractivity contribution in [1.29, 1.82) is 0 Å². The predicted octanol–water partition coefficient (Wildman–Crippen LogP) is 9.13. The Morgan fingerprint density at radius 3 is 1.95 bits per heavy atom. The van der Waals surface area contributed by atoms with Gasteiger partial charge in [0.25, 0.3) is 0 Å². The Bertz CT molecular complexity index is 1520. The summed E-state index contributed by atoms with van der Waals surface area (Å²) in [6.07, 6.45) is -17.6. The van der Waals surface area contributed by atoms with Crippen LogP contribution in [0.2, 0.25) is 0 Å². The van der Waals surface area contributed by atoms with Crippen molar-refractivity contribution in [1.82, 2.24) is 4.90 Å². The number of rotatable bonds is 6. The van der Waals surface area contributed by atoms with E-state index in [-0.39, 0.29) is 37.1 Å². The Morgan fingerprint density at radius 2 is 1.45 bits per heavy atom. The Balaban J connectivity index is 1.70. The molecule has 1 saturated heterocycles. The zero-order valence-electron chi connectivity index (χ0n) is 23.5. The highest BCUT2D eigenvalue weighted by Gasteiger charge is 2.39. The van der Waals surface area contributed by atoms with Crippen molar-refractivity contribution in [3.05, 3.63) is 81.9 Å². The van der Waals surface area contributed by atoms with Gasteiger partial charge >= 0.3 is 24.6 Å². The number of cyclic esters (lactones) is 1. The van der Waals surface area contributed by atoms with Gasteiger partial charge in [-0.2, -0.15) is 39.5 Å². The minimum absolute atomic E-state index is 0.0294. The van der Waals surface area contributed by atoms with Gasteiger partial charge in [-0.25, -0.2) is 4.79 Å². The molecule has 4 rings (SSSR count). The number of ether oxygens (including phenoxy) is 2. The number of amides is 1. The molecule has 4 nitrogen and oxygen atoms in total. The summed E-state index contributed by atoms with van der Waals surface area (Å²) in [6, 6.07) is 7.51. The zero-order chi connectivity index (χ0) is 32.8. The smallest absolute Gasteiger partial charge is 0.416 e. The molecule has 0 spiro atoms. The van der Waals surface area contributed by atoms with Gasteiger partial charge in [-0.3, -0.25) is 0 Å². The van der Waals surface area contributed by atoms with Crippen LogP contribution in [0.4, 0.5) is 44.3 Å². The number of carbonyl (C=O) groups excluding carboxylic acids is 1. The van der Waals surface area contributed by atoms with Crippen molar-refractivity contribution in [3.63, 3.8) is 0 Å². The summed E-state index contributed by atoms with van der Waals surface area (Å²) in [4.78, 5) is 14.0. The van der Waals surface area contributed by atoms with E-state index in [1.807, 2.05) is 13.8 Å². The Morgan fingerprint density at radius 1 is 0.864 bits per heavy atom. The van der Waals surface area contributed by atoms with Crippen molar-refractivity contribution >= 4 is 20.6 Å². The molecule has 0 aliphatic carbocycles. The average Bonchev–Trinajstić information content (AvgIpc) is 2.92. The third-order valence-electron chi connectivity index (χ3n) is 7.26. The van der Waals surface area contributed by atoms with E-state index in [9.17, 15) is 44.3 Å². The summed E-state index contributed by atoms with van der Waals surface area (Å²) in [6.45, 7) is 3.28. The molecule has 1 heterocycles. The first-order valence-electron chi connectivity index (χ1n) is 13.2. The molecule has 1 aliphatic rings. The van der Waals surface area contributed by atoms with Crippen molar-refractivity contribution in [3.8, 4) is 16.9 Å². The molecule has 0 N–H and O–H groups in total. The van der Waals surface area contributed by atoms with Crippen LogP contribution in [0.3, 0.4) is 0 Å². The third-order valence-corrected chi connectivity index (χ3v) is 7.76.